The van der Waals surface area contributed by atoms with Crippen LogP contribution in [0, 0.1) is 5.82 Å². The van der Waals surface area contributed by atoms with Crippen LogP contribution in [0.1, 0.15) is 6.92 Å². The van der Waals surface area contributed by atoms with Gasteiger partial charge in [-0.3, -0.25) is 19.0 Å². The van der Waals surface area contributed by atoms with Gasteiger partial charge in [0.25, 0.3) is 11.5 Å². The average molecular weight is 403 g/mol. The van der Waals surface area contributed by atoms with Crippen molar-refractivity contribution in [1.82, 2.24) is 14.5 Å². The summed E-state index contributed by atoms with van der Waals surface area (Å²) in [5.74, 6) is -1.45. The Morgan fingerprint density at radius 3 is 2.61 bits per heavy atom. The first-order chi connectivity index (χ1) is 13.3. The molecule has 0 bridgehead atoms. The number of hydrogen-bond donors (Lipinski definition) is 0. The van der Waals surface area contributed by atoms with E-state index in [1.807, 2.05) is 0 Å². The zero-order chi connectivity index (χ0) is 20.4. The molecule has 1 amide bonds. The van der Waals surface area contributed by atoms with Crippen molar-refractivity contribution < 1.29 is 18.7 Å². The Morgan fingerprint density at radius 2 is 1.96 bits per heavy atom. The van der Waals surface area contributed by atoms with Crippen LogP contribution in [0.15, 0.2) is 40.8 Å². The molecule has 0 saturated heterocycles. The van der Waals surface area contributed by atoms with E-state index in [9.17, 15) is 18.8 Å². The summed E-state index contributed by atoms with van der Waals surface area (Å²) in [5, 5.41) is 2.12. The molecule has 3 aromatic rings. The summed E-state index contributed by atoms with van der Waals surface area (Å²) >= 11 is 1.29. The highest BCUT2D eigenvalue weighted by atomic mass is 32.1. The highest BCUT2D eigenvalue weighted by Crippen LogP contribution is 2.30. The van der Waals surface area contributed by atoms with Gasteiger partial charge < -0.3 is 9.64 Å². The van der Waals surface area contributed by atoms with E-state index in [-0.39, 0.29) is 18.3 Å². The quantitative estimate of drug-likeness (QED) is 0.611. The van der Waals surface area contributed by atoms with Crippen LogP contribution in [0.4, 0.5) is 4.39 Å². The first-order valence-electron chi connectivity index (χ1n) is 8.41. The van der Waals surface area contributed by atoms with Crippen molar-refractivity contribution in [2.24, 2.45) is 0 Å². The molecule has 2 heterocycles. The zero-order valence-corrected chi connectivity index (χ0v) is 16.3. The van der Waals surface area contributed by atoms with Gasteiger partial charge >= 0.3 is 5.97 Å². The van der Waals surface area contributed by atoms with E-state index >= 15 is 0 Å². The maximum Gasteiger partial charge on any atom is 0.326 e. The SMILES string of the molecule is C[C@H](OC(=O)Cn1cnc2scc(-c3ccc(F)cc3)c2c1=O)C(=O)N(C)C. The van der Waals surface area contributed by atoms with Gasteiger partial charge in [-0.1, -0.05) is 12.1 Å². The molecule has 1 aromatic carbocycles. The topological polar surface area (TPSA) is 81.5 Å². The van der Waals surface area contributed by atoms with E-state index in [0.717, 1.165) is 4.57 Å². The molecule has 0 aliphatic heterocycles. The van der Waals surface area contributed by atoms with Crippen LogP contribution in [0.2, 0.25) is 0 Å². The number of nitrogens with zero attached hydrogens (tertiary/aromatic N) is 3. The first kappa shape index (κ1) is 19.7. The van der Waals surface area contributed by atoms with E-state index in [1.165, 1.54) is 41.6 Å². The number of benzene rings is 1. The first-order valence-corrected chi connectivity index (χ1v) is 9.29. The third-order valence-electron chi connectivity index (χ3n) is 4.11. The number of amides is 1. The van der Waals surface area contributed by atoms with Gasteiger partial charge in [-0.05, 0) is 24.6 Å². The number of hydrogen-bond acceptors (Lipinski definition) is 6. The zero-order valence-electron chi connectivity index (χ0n) is 15.5. The number of thiophene rings is 1. The Balaban J connectivity index is 1.89. The fourth-order valence-electron chi connectivity index (χ4n) is 2.71. The lowest BCUT2D eigenvalue weighted by atomic mass is 10.1. The number of carbonyl (C=O) groups is 2. The maximum atomic E-state index is 13.2. The van der Waals surface area contributed by atoms with E-state index < -0.39 is 17.6 Å². The summed E-state index contributed by atoms with van der Waals surface area (Å²) in [6.07, 6.45) is 0.320. The lowest BCUT2D eigenvalue weighted by molar-refractivity contribution is -0.158. The Bertz CT molecular complexity index is 1090. The average Bonchev–Trinajstić information content (AvgIpc) is 3.08. The monoisotopic (exact) mass is 403 g/mol. The van der Waals surface area contributed by atoms with Crippen molar-refractivity contribution in [2.75, 3.05) is 14.1 Å². The minimum absolute atomic E-state index is 0.351. The Labute approximate surface area is 164 Å². The van der Waals surface area contributed by atoms with Crippen LogP contribution in [-0.2, 0) is 20.9 Å². The largest absolute Gasteiger partial charge is 0.451 e. The number of rotatable bonds is 5. The second-order valence-corrected chi connectivity index (χ2v) is 7.24. The van der Waals surface area contributed by atoms with Gasteiger partial charge in [-0.2, -0.15) is 0 Å². The van der Waals surface area contributed by atoms with Gasteiger partial charge in [0.1, 0.15) is 17.2 Å². The fraction of sp³-hybridized carbons (Fsp3) is 0.263. The van der Waals surface area contributed by atoms with E-state index in [4.69, 9.17) is 4.74 Å². The molecule has 0 aliphatic rings. The number of aromatic nitrogens is 2. The molecule has 0 fully saturated rings. The Hall–Kier alpha value is -3.07. The molecule has 0 saturated carbocycles. The number of esters is 1. The number of fused-ring (bicyclic) bond motifs is 1. The summed E-state index contributed by atoms with van der Waals surface area (Å²) in [7, 11) is 3.12. The highest BCUT2D eigenvalue weighted by molar-refractivity contribution is 7.17. The van der Waals surface area contributed by atoms with Gasteiger partial charge in [-0.15, -0.1) is 11.3 Å². The summed E-state index contributed by atoms with van der Waals surface area (Å²) in [6, 6.07) is 5.79. The van der Waals surface area contributed by atoms with Crippen molar-refractivity contribution >= 4 is 33.4 Å². The minimum Gasteiger partial charge on any atom is -0.451 e. The van der Waals surface area contributed by atoms with Crippen molar-refractivity contribution in [3.63, 3.8) is 0 Å². The highest BCUT2D eigenvalue weighted by Gasteiger charge is 2.21. The third kappa shape index (κ3) is 3.94. The van der Waals surface area contributed by atoms with Crippen molar-refractivity contribution in [3.8, 4) is 11.1 Å². The molecule has 0 aliphatic carbocycles. The van der Waals surface area contributed by atoms with E-state index in [2.05, 4.69) is 4.98 Å². The van der Waals surface area contributed by atoms with Crippen molar-refractivity contribution in [3.05, 3.63) is 52.1 Å². The van der Waals surface area contributed by atoms with Gasteiger partial charge in [0.05, 0.1) is 11.7 Å². The van der Waals surface area contributed by atoms with Crippen LogP contribution < -0.4 is 5.56 Å². The summed E-state index contributed by atoms with van der Waals surface area (Å²) < 4.78 is 19.4. The summed E-state index contributed by atoms with van der Waals surface area (Å²) in [5.41, 5.74) is 0.891. The maximum absolute atomic E-state index is 13.2. The van der Waals surface area contributed by atoms with E-state index in [1.54, 1.807) is 31.6 Å². The lowest BCUT2D eigenvalue weighted by Gasteiger charge is -2.17. The molecule has 9 heteroatoms. The van der Waals surface area contributed by atoms with Gasteiger partial charge in [0.2, 0.25) is 0 Å². The molecular formula is C19H18FN3O4S. The second kappa shape index (κ2) is 7.89. The van der Waals surface area contributed by atoms with Gasteiger partial charge in [0, 0.05) is 25.0 Å². The predicted molar refractivity (Wildman–Crippen MR) is 104 cm³/mol. The second-order valence-electron chi connectivity index (χ2n) is 6.38. The molecule has 7 nitrogen and oxygen atoms in total. The molecule has 0 radical (unpaired) electrons. The fourth-order valence-corrected chi connectivity index (χ4v) is 3.62. The molecule has 146 valence electrons. The van der Waals surface area contributed by atoms with Gasteiger partial charge in [0.15, 0.2) is 6.10 Å². The predicted octanol–water partition coefficient (Wildman–Crippen LogP) is 2.28. The Morgan fingerprint density at radius 1 is 1.29 bits per heavy atom. The third-order valence-corrected chi connectivity index (χ3v) is 5.00. The molecule has 0 N–H and O–H groups in total. The molecule has 0 spiro atoms. The van der Waals surface area contributed by atoms with Crippen LogP contribution in [-0.4, -0.2) is 46.5 Å². The minimum atomic E-state index is -0.953. The molecule has 3 rings (SSSR count). The molecular weight excluding hydrogens is 385 g/mol. The number of halogens is 1. The molecule has 1 atom stereocenters. The number of likely N-dealkylation sites (N-methyl/N-ethyl adjacent to an activating group) is 1. The summed E-state index contributed by atoms with van der Waals surface area (Å²) in [4.78, 5) is 42.9. The smallest absolute Gasteiger partial charge is 0.326 e. The summed E-state index contributed by atoms with van der Waals surface area (Å²) in [6.45, 7) is 1.10. The van der Waals surface area contributed by atoms with Crippen LogP contribution >= 0.6 is 11.3 Å². The van der Waals surface area contributed by atoms with Gasteiger partial charge in [-0.25, -0.2) is 9.37 Å². The molecule has 0 unspecified atom stereocenters. The Kier molecular flexibility index (Phi) is 5.55. The molecule has 28 heavy (non-hydrogen) atoms. The number of ether oxygens (including phenoxy) is 1. The van der Waals surface area contributed by atoms with Crippen molar-refractivity contribution in [2.45, 2.75) is 19.6 Å². The number of carbonyl (C=O) groups excluding carboxylic acids is 2. The van der Waals surface area contributed by atoms with Crippen molar-refractivity contribution in [1.29, 1.82) is 0 Å². The van der Waals surface area contributed by atoms with Crippen LogP contribution in [0.25, 0.3) is 21.3 Å². The lowest BCUT2D eigenvalue weighted by Crippen LogP contribution is -2.36. The van der Waals surface area contributed by atoms with E-state index in [0.29, 0.717) is 21.3 Å². The van der Waals surface area contributed by atoms with Crippen LogP contribution in [0.3, 0.4) is 0 Å². The molecule has 2 aromatic heterocycles. The van der Waals surface area contributed by atoms with Crippen LogP contribution in [0.5, 0.6) is 0 Å². The standard InChI is InChI=1S/C19H18FN3O4S/c1-11(18(25)22(2)3)27-15(24)8-23-10-21-17-16(19(23)26)14(9-28-17)12-4-6-13(20)7-5-12/h4-7,9-11H,8H2,1-3H3/t11-/m0/s1. The normalized spacial score (nSPS) is 12.0.